The number of anilines is 2. The minimum atomic E-state index is -1.56. The topological polar surface area (TPSA) is 168 Å². The van der Waals surface area contributed by atoms with Crippen LogP contribution in [0.1, 0.15) is 97.1 Å². The number of nitrogens with one attached hydrogen (secondary N) is 2. The van der Waals surface area contributed by atoms with Crippen molar-refractivity contribution in [2.45, 2.75) is 101 Å². The minimum Gasteiger partial charge on any atom is -0.496 e. The summed E-state index contributed by atoms with van der Waals surface area (Å²) in [5.41, 5.74) is 17.6. The molecule has 0 amide bonds. The summed E-state index contributed by atoms with van der Waals surface area (Å²) in [6, 6.07) is 18.5. The number of benzene rings is 4. The van der Waals surface area contributed by atoms with Crippen LogP contribution in [0.25, 0.3) is 0 Å². The SMILES string of the molecule is COC[C@@](C)(F)CN1[C@H](c2ccc(OC3CN(CCCF)C3)cc2OC)c2ccc(N)c(C=N)c2C[C@H]1C.COC[C@](C)(F)CN1[C@H](c2ccc(OC3CN(CCCF)C3)cc2OC)c2ccc(N)c(C=N)c2C[C@H]1C. The number of ether oxygens (including phenoxy) is 6. The van der Waals surface area contributed by atoms with Crippen molar-refractivity contribution in [3.63, 3.8) is 0 Å². The van der Waals surface area contributed by atoms with Gasteiger partial charge in [-0.1, -0.05) is 12.1 Å². The van der Waals surface area contributed by atoms with E-state index in [4.69, 9.17) is 50.7 Å². The highest BCUT2D eigenvalue weighted by Gasteiger charge is 2.42. The first kappa shape index (κ1) is 58.2. The molecular formula is C58H80F4N8O6. The molecule has 4 aliphatic heterocycles. The summed E-state index contributed by atoms with van der Waals surface area (Å²) in [6.07, 6.45) is 5.10. The number of hydrogen-bond acceptors (Lipinski definition) is 14. The van der Waals surface area contributed by atoms with Gasteiger partial charge in [0.25, 0.3) is 0 Å². The number of nitrogens with two attached hydrogens (primary N) is 2. The maximum absolute atomic E-state index is 15.6. The van der Waals surface area contributed by atoms with E-state index in [2.05, 4.69) is 33.4 Å². The molecule has 0 saturated carbocycles. The first-order valence-electron chi connectivity index (χ1n) is 26.4. The zero-order valence-electron chi connectivity index (χ0n) is 45.6. The van der Waals surface area contributed by atoms with Gasteiger partial charge in [-0.3, -0.25) is 28.4 Å². The smallest absolute Gasteiger partial charge is 0.144 e. The molecule has 6 N–H and O–H groups in total. The molecule has 0 radical (unpaired) electrons. The van der Waals surface area contributed by atoms with E-state index in [9.17, 15) is 8.78 Å². The first-order valence-corrected chi connectivity index (χ1v) is 26.4. The van der Waals surface area contributed by atoms with Crippen LogP contribution in [0, 0.1) is 10.8 Å². The molecule has 4 aliphatic rings. The third-order valence-electron chi connectivity index (χ3n) is 15.1. The van der Waals surface area contributed by atoms with Gasteiger partial charge in [-0.05, 0) is 112 Å². The predicted molar refractivity (Wildman–Crippen MR) is 293 cm³/mol. The van der Waals surface area contributed by atoms with Gasteiger partial charge in [0.05, 0.1) is 52.9 Å². The van der Waals surface area contributed by atoms with Gasteiger partial charge in [-0.25, -0.2) is 8.78 Å². The van der Waals surface area contributed by atoms with Crippen molar-refractivity contribution in [1.82, 2.24) is 19.6 Å². The van der Waals surface area contributed by atoms with E-state index in [0.717, 1.165) is 72.6 Å². The summed E-state index contributed by atoms with van der Waals surface area (Å²) in [7, 11) is 6.26. The van der Waals surface area contributed by atoms with Gasteiger partial charge in [0.15, 0.2) is 0 Å². The van der Waals surface area contributed by atoms with Crippen molar-refractivity contribution in [1.29, 1.82) is 10.8 Å². The monoisotopic (exact) mass is 1060 g/mol. The number of halogens is 4. The van der Waals surface area contributed by atoms with Crippen LogP contribution in [0.3, 0.4) is 0 Å². The van der Waals surface area contributed by atoms with Crippen LogP contribution in [0.5, 0.6) is 23.0 Å². The third-order valence-corrected chi connectivity index (χ3v) is 15.1. The van der Waals surface area contributed by atoms with Crippen LogP contribution in [0.4, 0.5) is 28.9 Å². The molecule has 2 saturated heterocycles. The molecule has 4 aromatic carbocycles. The molecule has 416 valence electrons. The molecule has 0 aromatic heterocycles. The summed E-state index contributed by atoms with van der Waals surface area (Å²) in [4.78, 5) is 8.65. The number of rotatable bonds is 24. The molecule has 2 fully saturated rings. The standard InChI is InChI=1S/2C29H40F2N4O3/c2*1-19-12-24-22(8-9-26(33)25(24)14-32)28(35(19)17-29(2,31)18-36-3)23-7-6-20(13-27(23)37-4)38-21-15-34(16-21)11-5-10-30/h2*6-9,13-14,19,21,28,32H,5,10-12,15-18,33H2,1-4H3/t19-,28+,29+;19-,28+,29-/m11/s1. The molecule has 0 bridgehead atoms. The van der Waals surface area contributed by atoms with E-state index >= 15 is 8.78 Å². The van der Waals surface area contributed by atoms with Gasteiger partial charge in [-0.15, -0.1) is 0 Å². The number of fused-ring (bicyclic) bond motifs is 2. The zero-order valence-corrected chi connectivity index (χ0v) is 45.6. The fraction of sp³-hybridized carbons (Fsp3) is 0.552. The number of hydrogen-bond donors (Lipinski definition) is 4. The largest absolute Gasteiger partial charge is 0.496 e. The summed E-state index contributed by atoms with van der Waals surface area (Å²) < 4.78 is 90.5. The second-order valence-corrected chi connectivity index (χ2v) is 21.4. The number of nitrogens with zero attached hydrogens (tertiary/aromatic N) is 4. The molecule has 0 aliphatic carbocycles. The van der Waals surface area contributed by atoms with Crippen molar-refractivity contribution < 1.29 is 46.0 Å². The summed E-state index contributed by atoms with van der Waals surface area (Å²) in [5.74, 6) is 2.69. The lowest BCUT2D eigenvalue weighted by atomic mass is 9.81. The second-order valence-electron chi connectivity index (χ2n) is 21.4. The molecule has 0 spiro atoms. The van der Waals surface area contributed by atoms with Crippen LogP contribution >= 0.6 is 0 Å². The summed E-state index contributed by atoms with van der Waals surface area (Å²) in [6.45, 7) is 11.5. The average Bonchev–Trinajstić information content (AvgIpc) is 3.36. The minimum absolute atomic E-state index is 0.0169. The normalized spacial score (nSPS) is 21.8. The van der Waals surface area contributed by atoms with Gasteiger partial charge in [0.1, 0.15) is 46.5 Å². The number of likely N-dealkylation sites (tertiary alicyclic amines) is 2. The van der Waals surface area contributed by atoms with Crippen molar-refractivity contribution in [3.8, 4) is 23.0 Å². The van der Waals surface area contributed by atoms with Gasteiger partial charge in [0, 0.05) is 137 Å². The highest BCUT2D eigenvalue weighted by Crippen LogP contribution is 2.47. The summed E-state index contributed by atoms with van der Waals surface area (Å²) >= 11 is 0. The van der Waals surface area contributed by atoms with E-state index in [0.29, 0.717) is 71.2 Å². The fourth-order valence-corrected chi connectivity index (χ4v) is 11.5. The Balaban J connectivity index is 0.000000221. The van der Waals surface area contributed by atoms with E-state index in [1.54, 1.807) is 28.1 Å². The summed E-state index contributed by atoms with van der Waals surface area (Å²) in [5, 5.41) is 16.0. The van der Waals surface area contributed by atoms with Crippen LogP contribution in [-0.2, 0) is 22.3 Å². The fourth-order valence-electron chi connectivity index (χ4n) is 11.5. The Labute approximate surface area is 446 Å². The lowest BCUT2D eigenvalue weighted by molar-refractivity contribution is 0.00181. The van der Waals surface area contributed by atoms with Crippen LogP contribution in [0.2, 0.25) is 0 Å². The highest BCUT2D eigenvalue weighted by atomic mass is 19.1. The second kappa shape index (κ2) is 25.8. The van der Waals surface area contributed by atoms with E-state index < -0.39 is 11.3 Å². The number of methoxy groups -OCH3 is 4. The molecule has 4 heterocycles. The van der Waals surface area contributed by atoms with Crippen molar-refractivity contribution in [2.24, 2.45) is 0 Å². The predicted octanol–water partition coefficient (Wildman–Crippen LogP) is 8.82. The van der Waals surface area contributed by atoms with Crippen molar-refractivity contribution >= 4 is 23.8 Å². The molecule has 14 nitrogen and oxygen atoms in total. The van der Waals surface area contributed by atoms with Crippen LogP contribution < -0.4 is 30.4 Å². The molecule has 8 rings (SSSR count). The average molecular weight is 1060 g/mol. The lowest BCUT2D eigenvalue weighted by Gasteiger charge is -2.45. The van der Waals surface area contributed by atoms with Crippen LogP contribution in [0.15, 0.2) is 60.7 Å². The number of alkyl halides is 4. The Morgan fingerprint density at radius 3 is 1.29 bits per heavy atom. The molecule has 18 heteroatoms. The van der Waals surface area contributed by atoms with Gasteiger partial charge in [-0.2, -0.15) is 0 Å². The molecule has 4 aromatic rings. The molecule has 6 atom stereocenters. The zero-order chi connectivity index (χ0) is 54.9. The third kappa shape index (κ3) is 13.4. The maximum atomic E-state index is 15.6. The van der Waals surface area contributed by atoms with E-state index in [1.807, 2.05) is 60.7 Å². The Hall–Kier alpha value is -5.50. The Morgan fingerprint density at radius 2 is 0.961 bits per heavy atom. The molecule has 0 unspecified atom stereocenters. The Morgan fingerprint density at radius 1 is 0.592 bits per heavy atom. The van der Waals surface area contributed by atoms with Gasteiger partial charge < -0.3 is 50.7 Å². The quantitative estimate of drug-likeness (QED) is 0.0300. The first-order chi connectivity index (χ1) is 36.4. The Bertz CT molecular complexity index is 2420. The molecular weight excluding hydrogens is 981 g/mol. The lowest BCUT2D eigenvalue weighted by Crippen LogP contribution is -2.53. The van der Waals surface area contributed by atoms with Crippen LogP contribution in [-0.4, -0.2) is 175 Å². The molecule has 76 heavy (non-hydrogen) atoms. The maximum Gasteiger partial charge on any atom is 0.144 e. The Kier molecular flexibility index (Phi) is 19.7. The highest BCUT2D eigenvalue weighted by molar-refractivity contribution is 5.89. The number of nitrogen functional groups attached to an aromatic ring is 2. The van der Waals surface area contributed by atoms with Crippen molar-refractivity contribution in [3.05, 3.63) is 105 Å². The van der Waals surface area contributed by atoms with Gasteiger partial charge >= 0.3 is 0 Å². The van der Waals surface area contributed by atoms with Crippen molar-refractivity contribution in [2.75, 3.05) is 119 Å². The van der Waals surface area contributed by atoms with E-state index in [1.165, 1.54) is 26.6 Å². The van der Waals surface area contributed by atoms with Gasteiger partial charge in [0.2, 0.25) is 0 Å². The van der Waals surface area contributed by atoms with E-state index in [-0.39, 0.29) is 76.0 Å².